The number of nitrogens with one attached hydrogen (secondary N) is 2. The van der Waals surface area contributed by atoms with Crippen LogP contribution in [0.15, 0.2) is 15.4 Å². The number of amides is 1. The monoisotopic (exact) mass is 302 g/mol. The Balaban J connectivity index is 2.05. The molecule has 1 saturated carbocycles. The Hall–Kier alpha value is -1.87. The van der Waals surface area contributed by atoms with Crippen LogP contribution >= 0.6 is 0 Å². The molecule has 0 aromatic carbocycles. The summed E-state index contributed by atoms with van der Waals surface area (Å²) in [6.45, 7) is 0.942. The summed E-state index contributed by atoms with van der Waals surface area (Å²) in [6.07, 6.45) is 1.81. The van der Waals surface area contributed by atoms with Crippen molar-refractivity contribution in [3.8, 4) is 0 Å². The molecule has 8 nitrogen and oxygen atoms in total. The van der Waals surface area contributed by atoms with Gasteiger partial charge < -0.3 is 14.8 Å². The van der Waals surface area contributed by atoms with Gasteiger partial charge in [-0.25, -0.2) is 17.9 Å². The maximum Gasteiger partial charge on any atom is 0.371 e. The van der Waals surface area contributed by atoms with E-state index in [0.29, 0.717) is 0 Å². The number of furan rings is 1. The van der Waals surface area contributed by atoms with E-state index < -0.39 is 34.2 Å². The molecule has 1 fully saturated rings. The molecule has 20 heavy (non-hydrogen) atoms. The van der Waals surface area contributed by atoms with Crippen molar-refractivity contribution in [2.24, 2.45) is 0 Å². The van der Waals surface area contributed by atoms with Crippen LogP contribution < -0.4 is 10.0 Å². The molecule has 0 unspecified atom stereocenters. The van der Waals surface area contributed by atoms with Gasteiger partial charge in [0, 0.05) is 12.1 Å². The maximum atomic E-state index is 12.0. The Morgan fingerprint density at radius 2 is 2.10 bits per heavy atom. The minimum atomic E-state index is -3.98. The van der Waals surface area contributed by atoms with Crippen molar-refractivity contribution >= 4 is 21.9 Å². The second-order valence-electron chi connectivity index (χ2n) is 4.50. The predicted molar refractivity (Wildman–Crippen MR) is 66.8 cm³/mol. The number of carboxylic acid groups (broad SMARTS) is 1. The zero-order valence-electron chi connectivity index (χ0n) is 10.7. The first-order chi connectivity index (χ1) is 9.29. The molecule has 0 aliphatic heterocycles. The molecule has 0 atom stereocenters. The topological polar surface area (TPSA) is 126 Å². The Labute approximate surface area is 115 Å². The van der Waals surface area contributed by atoms with Crippen LogP contribution in [0, 0.1) is 6.92 Å². The van der Waals surface area contributed by atoms with Gasteiger partial charge in [0.2, 0.25) is 21.7 Å². The average Bonchev–Trinajstić information content (AvgIpc) is 3.06. The highest BCUT2D eigenvalue weighted by Crippen LogP contribution is 2.20. The Morgan fingerprint density at radius 1 is 1.45 bits per heavy atom. The highest BCUT2D eigenvalue weighted by atomic mass is 32.2. The van der Waals surface area contributed by atoms with Gasteiger partial charge in [-0.3, -0.25) is 4.79 Å². The summed E-state index contributed by atoms with van der Waals surface area (Å²) in [5, 5.41) is 11.4. The molecule has 1 aliphatic rings. The molecule has 1 aromatic rings. The largest absolute Gasteiger partial charge is 0.475 e. The highest BCUT2D eigenvalue weighted by molar-refractivity contribution is 7.89. The first-order valence-corrected chi connectivity index (χ1v) is 7.40. The van der Waals surface area contributed by atoms with E-state index in [4.69, 9.17) is 9.52 Å². The number of aryl methyl sites for hydroxylation is 1. The minimum Gasteiger partial charge on any atom is -0.475 e. The fourth-order valence-corrected chi connectivity index (χ4v) is 2.74. The standard InChI is InChI=1S/C11H14N2O6S/c1-6-9(4-8(19-6)11(15)16)20(17,18)12-5-10(14)13-7-2-3-7/h4,7,12H,2-3,5H2,1H3,(H,13,14)(H,15,16). The molecule has 0 spiro atoms. The summed E-state index contributed by atoms with van der Waals surface area (Å²) < 4.78 is 30.8. The van der Waals surface area contributed by atoms with Crippen molar-refractivity contribution in [1.82, 2.24) is 10.0 Å². The molecule has 9 heteroatoms. The number of sulfonamides is 1. The third kappa shape index (κ3) is 3.36. The van der Waals surface area contributed by atoms with Gasteiger partial charge in [0.25, 0.3) is 0 Å². The zero-order valence-corrected chi connectivity index (χ0v) is 11.5. The van der Waals surface area contributed by atoms with E-state index in [0.717, 1.165) is 18.9 Å². The van der Waals surface area contributed by atoms with E-state index in [9.17, 15) is 18.0 Å². The molecular weight excluding hydrogens is 288 g/mol. The highest BCUT2D eigenvalue weighted by Gasteiger charge is 2.26. The molecule has 110 valence electrons. The van der Waals surface area contributed by atoms with E-state index in [1.807, 2.05) is 0 Å². The summed E-state index contributed by atoms with van der Waals surface area (Å²) >= 11 is 0. The molecule has 2 rings (SSSR count). The minimum absolute atomic E-state index is 0.0440. The van der Waals surface area contributed by atoms with E-state index in [-0.39, 0.29) is 16.7 Å². The Kier molecular flexibility index (Phi) is 3.82. The fraction of sp³-hybridized carbons (Fsp3) is 0.455. The third-order valence-corrected chi connectivity index (χ3v) is 4.25. The Bertz CT molecular complexity index is 644. The summed E-state index contributed by atoms with van der Waals surface area (Å²) in [5.41, 5.74) is 0. The predicted octanol–water partition coefficient (Wildman–Crippen LogP) is -0.157. The molecule has 0 bridgehead atoms. The summed E-state index contributed by atoms with van der Waals surface area (Å²) in [5.74, 6) is -2.29. The van der Waals surface area contributed by atoms with Gasteiger partial charge in [-0.1, -0.05) is 0 Å². The number of rotatable bonds is 6. The second-order valence-corrected chi connectivity index (χ2v) is 6.24. The van der Waals surface area contributed by atoms with E-state index in [2.05, 4.69) is 10.0 Å². The van der Waals surface area contributed by atoms with Crippen LogP contribution in [0.1, 0.15) is 29.2 Å². The lowest BCUT2D eigenvalue weighted by Crippen LogP contribution is -2.37. The molecule has 1 heterocycles. The van der Waals surface area contributed by atoms with Crippen molar-refractivity contribution in [3.63, 3.8) is 0 Å². The fourth-order valence-electron chi connectivity index (χ4n) is 1.58. The second kappa shape index (κ2) is 5.25. The normalized spacial score (nSPS) is 15.1. The van der Waals surface area contributed by atoms with Gasteiger partial charge in [0.1, 0.15) is 10.7 Å². The van der Waals surface area contributed by atoms with Crippen molar-refractivity contribution < 1.29 is 27.5 Å². The molecule has 3 N–H and O–H groups in total. The molecule has 1 aliphatic carbocycles. The van der Waals surface area contributed by atoms with Crippen molar-refractivity contribution in [2.75, 3.05) is 6.54 Å². The third-order valence-electron chi connectivity index (χ3n) is 2.74. The number of carbonyl (C=O) groups excluding carboxylic acids is 1. The van der Waals surface area contributed by atoms with Crippen LogP contribution in [-0.2, 0) is 14.8 Å². The molecule has 1 aromatic heterocycles. The average molecular weight is 302 g/mol. The smallest absolute Gasteiger partial charge is 0.371 e. The summed E-state index contributed by atoms with van der Waals surface area (Å²) in [4.78, 5) is 21.8. The van der Waals surface area contributed by atoms with Gasteiger partial charge in [-0.15, -0.1) is 0 Å². The summed E-state index contributed by atoms with van der Waals surface area (Å²) in [6, 6.07) is 1.06. The molecular formula is C11H14N2O6S. The van der Waals surface area contributed by atoms with Crippen LogP contribution in [0.2, 0.25) is 0 Å². The number of aromatic carboxylic acids is 1. The van der Waals surface area contributed by atoms with Gasteiger partial charge in [-0.2, -0.15) is 0 Å². The van der Waals surface area contributed by atoms with Gasteiger partial charge in [-0.05, 0) is 19.8 Å². The number of hydrogen-bond donors (Lipinski definition) is 3. The molecule has 1 amide bonds. The maximum absolute atomic E-state index is 12.0. The summed E-state index contributed by atoms with van der Waals surface area (Å²) in [7, 11) is -3.98. The quantitative estimate of drug-likeness (QED) is 0.670. The first kappa shape index (κ1) is 14.5. The number of hydrogen-bond acceptors (Lipinski definition) is 5. The van der Waals surface area contributed by atoms with Crippen LogP contribution in [-0.4, -0.2) is 38.0 Å². The number of carbonyl (C=O) groups is 2. The van der Waals surface area contributed by atoms with Gasteiger partial charge >= 0.3 is 5.97 Å². The number of carboxylic acids is 1. The van der Waals surface area contributed by atoms with Crippen LogP contribution in [0.25, 0.3) is 0 Å². The molecule has 0 saturated heterocycles. The van der Waals surface area contributed by atoms with Crippen LogP contribution in [0.4, 0.5) is 0 Å². The van der Waals surface area contributed by atoms with E-state index in [1.165, 1.54) is 6.92 Å². The first-order valence-electron chi connectivity index (χ1n) is 5.92. The lowest BCUT2D eigenvalue weighted by Gasteiger charge is -2.06. The molecule has 0 radical (unpaired) electrons. The SMILES string of the molecule is Cc1oc(C(=O)O)cc1S(=O)(=O)NCC(=O)NC1CC1. The van der Waals surface area contributed by atoms with E-state index >= 15 is 0 Å². The Morgan fingerprint density at radius 3 is 2.60 bits per heavy atom. The lowest BCUT2D eigenvalue weighted by atomic mass is 10.4. The van der Waals surface area contributed by atoms with Gasteiger partial charge in [0.15, 0.2) is 0 Å². The van der Waals surface area contributed by atoms with Crippen LogP contribution in [0.5, 0.6) is 0 Å². The van der Waals surface area contributed by atoms with Crippen molar-refractivity contribution in [2.45, 2.75) is 30.7 Å². The zero-order chi connectivity index (χ0) is 14.9. The van der Waals surface area contributed by atoms with Gasteiger partial charge in [0.05, 0.1) is 6.54 Å². The van der Waals surface area contributed by atoms with Crippen LogP contribution in [0.3, 0.4) is 0 Å². The lowest BCUT2D eigenvalue weighted by molar-refractivity contribution is -0.120. The van der Waals surface area contributed by atoms with E-state index in [1.54, 1.807) is 0 Å². The van der Waals surface area contributed by atoms with Crippen molar-refractivity contribution in [3.05, 3.63) is 17.6 Å². The van der Waals surface area contributed by atoms with Crippen molar-refractivity contribution in [1.29, 1.82) is 0 Å².